The van der Waals surface area contributed by atoms with Gasteiger partial charge in [0.1, 0.15) is 11.8 Å². The molecule has 1 fully saturated rings. The molecule has 3 unspecified atom stereocenters. The van der Waals surface area contributed by atoms with Crippen molar-refractivity contribution in [1.82, 2.24) is 10.3 Å². The van der Waals surface area contributed by atoms with Gasteiger partial charge in [0.25, 0.3) is 5.91 Å². The van der Waals surface area contributed by atoms with E-state index in [2.05, 4.69) is 23.4 Å². The third-order valence-electron chi connectivity index (χ3n) is 5.47. The Labute approximate surface area is 158 Å². The molecule has 0 radical (unpaired) electrons. The van der Waals surface area contributed by atoms with E-state index < -0.39 is 0 Å². The van der Waals surface area contributed by atoms with Crippen LogP contribution in [0.4, 0.5) is 0 Å². The minimum atomic E-state index is -0.153. The van der Waals surface area contributed by atoms with Crippen molar-refractivity contribution in [2.75, 3.05) is 6.54 Å². The largest absolute Gasteiger partial charge is 0.467 e. The van der Waals surface area contributed by atoms with E-state index in [9.17, 15) is 4.79 Å². The first-order valence-electron chi connectivity index (χ1n) is 9.42. The predicted molar refractivity (Wildman–Crippen MR) is 103 cm³/mol. The summed E-state index contributed by atoms with van der Waals surface area (Å²) in [6, 6.07) is 8.13. The second-order valence-corrected chi connectivity index (χ2v) is 8.19. The number of hydrogen-bond donors (Lipinski definition) is 1. The molecule has 2 aromatic heterocycles. The lowest BCUT2D eigenvalue weighted by molar-refractivity contribution is -0.132. The number of amides is 1. The molecular formula is C20H25N3O2S. The highest BCUT2D eigenvalue weighted by Gasteiger charge is 2.35. The van der Waals surface area contributed by atoms with Crippen LogP contribution in [0, 0.1) is 5.92 Å². The molecule has 3 heterocycles. The van der Waals surface area contributed by atoms with Crippen LogP contribution in [0.25, 0.3) is 0 Å². The molecule has 2 aliphatic rings. The molecule has 4 rings (SSSR count). The van der Waals surface area contributed by atoms with Crippen molar-refractivity contribution in [3.63, 3.8) is 0 Å². The van der Waals surface area contributed by atoms with Crippen molar-refractivity contribution in [2.24, 2.45) is 11.0 Å². The fraction of sp³-hybridized carbons (Fsp3) is 0.500. The van der Waals surface area contributed by atoms with Crippen LogP contribution in [0.1, 0.15) is 55.7 Å². The Morgan fingerprint density at radius 3 is 2.96 bits per heavy atom. The van der Waals surface area contributed by atoms with Gasteiger partial charge >= 0.3 is 0 Å². The fourth-order valence-corrected chi connectivity index (χ4v) is 4.67. The van der Waals surface area contributed by atoms with Gasteiger partial charge in [0.2, 0.25) is 0 Å². The van der Waals surface area contributed by atoms with Gasteiger partial charge < -0.3 is 9.73 Å². The molecule has 0 bridgehead atoms. The predicted octanol–water partition coefficient (Wildman–Crippen LogP) is 4.19. The highest BCUT2D eigenvalue weighted by molar-refractivity contribution is 7.12. The van der Waals surface area contributed by atoms with Gasteiger partial charge in [0, 0.05) is 12.5 Å². The standard InChI is InChI=1S/C20H25N3O2S/c1-14-6-2-3-7-15(14)21-13-20(24)23-17(18-8-4-10-25-18)12-16(22-23)19-9-5-11-26-19/h4-5,8-11,14-15,17,21H,2-3,6-7,12-13H2,1H3. The van der Waals surface area contributed by atoms with Crippen molar-refractivity contribution in [1.29, 1.82) is 0 Å². The van der Waals surface area contributed by atoms with E-state index in [0.29, 0.717) is 24.9 Å². The Bertz CT molecular complexity index is 754. The van der Waals surface area contributed by atoms with Crippen LogP contribution in [0.3, 0.4) is 0 Å². The van der Waals surface area contributed by atoms with Gasteiger partial charge in [0.15, 0.2) is 0 Å². The van der Waals surface area contributed by atoms with Gasteiger partial charge in [0.05, 0.1) is 23.4 Å². The van der Waals surface area contributed by atoms with Crippen molar-refractivity contribution in [3.8, 4) is 0 Å². The molecule has 3 atom stereocenters. The molecule has 1 aliphatic heterocycles. The second kappa shape index (κ2) is 7.76. The summed E-state index contributed by atoms with van der Waals surface area (Å²) in [5.41, 5.74) is 0.959. The summed E-state index contributed by atoms with van der Waals surface area (Å²) in [5.74, 6) is 1.43. The lowest BCUT2D eigenvalue weighted by Gasteiger charge is -2.30. The second-order valence-electron chi connectivity index (χ2n) is 7.25. The van der Waals surface area contributed by atoms with Gasteiger partial charge in [-0.15, -0.1) is 11.3 Å². The molecule has 138 valence electrons. The van der Waals surface area contributed by atoms with Gasteiger partial charge in [-0.05, 0) is 42.3 Å². The molecule has 0 aromatic carbocycles. The van der Waals surface area contributed by atoms with E-state index >= 15 is 0 Å². The van der Waals surface area contributed by atoms with E-state index in [1.807, 2.05) is 23.6 Å². The summed E-state index contributed by atoms with van der Waals surface area (Å²) in [5, 5.41) is 11.8. The molecular weight excluding hydrogens is 346 g/mol. The summed E-state index contributed by atoms with van der Waals surface area (Å²) < 4.78 is 5.59. The Morgan fingerprint density at radius 2 is 2.23 bits per heavy atom. The van der Waals surface area contributed by atoms with Crippen molar-refractivity contribution < 1.29 is 9.21 Å². The van der Waals surface area contributed by atoms with E-state index in [1.165, 1.54) is 19.3 Å². The maximum absolute atomic E-state index is 12.9. The normalized spacial score (nSPS) is 26.1. The van der Waals surface area contributed by atoms with Crippen molar-refractivity contribution >= 4 is 23.0 Å². The number of hydrogen-bond acceptors (Lipinski definition) is 5. The molecule has 0 spiro atoms. The van der Waals surface area contributed by atoms with Crippen LogP contribution in [-0.4, -0.2) is 29.2 Å². The third-order valence-corrected chi connectivity index (χ3v) is 6.39. The molecule has 1 amide bonds. The lowest BCUT2D eigenvalue weighted by Crippen LogP contribution is -2.43. The van der Waals surface area contributed by atoms with Gasteiger partial charge in [-0.3, -0.25) is 4.79 Å². The fourth-order valence-electron chi connectivity index (χ4n) is 3.95. The monoisotopic (exact) mass is 371 g/mol. The minimum absolute atomic E-state index is 0.00993. The first-order valence-corrected chi connectivity index (χ1v) is 10.3. The first kappa shape index (κ1) is 17.5. The molecule has 0 saturated heterocycles. The van der Waals surface area contributed by atoms with Gasteiger partial charge in [-0.25, -0.2) is 5.01 Å². The van der Waals surface area contributed by atoms with Gasteiger partial charge in [-0.2, -0.15) is 5.10 Å². The zero-order chi connectivity index (χ0) is 17.9. The number of carbonyl (C=O) groups excluding carboxylic acids is 1. The Kier molecular flexibility index (Phi) is 5.22. The molecule has 6 heteroatoms. The zero-order valence-electron chi connectivity index (χ0n) is 15.1. The minimum Gasteiger partial charge on any atom is -0.467 e. The van der Waals surface area contributed by atoms with Crippen LogP contribution < -0.4 is 5.32 Å². The maximum Gasteiger partial charge on any atom is 0.257 e. The summed E-state index contributed by atoms with van der Waals surface area (Å²) in [6.07, 6.45) is 7.29. The number of nitrogens with one attached hydrogen (secondary N) is 1. The van der Waals surface area contributed by atoms with Crippen molar-refractivity contribution in [3.05, 3.63) is 46.5 Å². The van der Waals surface area contributed by atoms with Crippen molar-refractivity contribution in [2.45, 2.75) is 51.1 Å². The van der Waals surface area contributed by atoms with Crippen LogP contribution >= 0.6 is 11.3 Å². The molecule has 1 saturated carbocycles. The molecule has 26 heavy (non-hydrogen) atoms. The molecule has 1 N–H and O–H groups in total. The topological polar surface area (TPSA) is 57.8 Å². The molecule has 1 aliphatic carbocycles. The van der Waals surface area contributed by atoms with Crippen LogP contribution in [0.5, 0.6) is 0 Å². The quantitative estimate of drug-likeness (QED) is 0.857. The molecule has 5 nitrogen and oxygen atoms in total. The summed E-state index contributed by atoms with van der Waals surface area (Å²) in [6.45, 7) is 2.60. The summed E-state index contributed by atoms with van der Waals surface area (Å²) in [7, 11) is 0. The third kappa shape index (κ3) is 3.62. The van der Waals surface area contributed by atoms with E-state index in [1.54, 1.807) is 22.6 Å². The van der Waals surface area contributed by atoms with E-state index in [-0.39, 0.29) is 11.9 Å². The summed E-state index contributed by atoms with van der Waals surface area (Å²) in [4.78, 5) is 14.0. The lowest BCUT2D eigenvalue weighted by atomic mass is 9.86. The van der Waals surface area contributed by atoms with Crippen LogP contribution in [0.15, 0.2) is 45.4 Å². The smallest absolute Gasteiger partial charge is 0.257 e. The zero-order valence-corrected chi connectivity index (χ0v) is 15.9. The SMILES string of the molecule is CC1CCCCC1NCC(=O)N1N=C(c2cccs2)CC1c1ccco1. The Balaban J connectivity index is 1.48. The number of thiophene rings is 1. The Morgan fingerprint density at radius 1 is 1.35 bits per heavy atom. The highest BCUT2D eigenvalue weighted by atomic mass is 32.1. The average molecular weight is 372 g/mol. The number of hydrazone groups is 1. The van der Waals surface area contributed by atoms with Gasteiger partial charge in [-0.1, -0.05) is 25.8 Å². The Hall–Kier alpha value is -1.92. The van der Waals surface area contributed by atoms with E-state index in [4.69, 9.17) is 4.42 Å². The molecule has 2 aromatic rings. The van der Waals surface area contributed by atoms with Crippen LogP contribution in [-0.2, 0) is 4.79 Å². The number of nitrogens with zero attached hydrogens (tertiary/aromatic N) is 2. The first-order chi connectivity index (χ1) is 12.7. The highest BCUT2D eigenvalue weighted by Crippen LogP contribution is 2.34. The average Bonchev–Trinajstić information content (AvgIpc) is 3.41. The number of furan rings is 1. The van der Waals surface area contributed by atoms with E-state index in [0.717, 1.165) is 22.8 Å². The van der Waals surface area contributed by atoms with Crippen LogP contribution in [0.2, 0.25) is 0 Å². The maximum atomic E-state index is 12.9. The number of carbonyl (C=O) groups is 1. The number of rotatable bonds is 5. The summed E-state index contributed by atoms with van der Waals surface area (Å²) >= 11 is 1.65.